The van der Waals surface area contributed by atoms with Crippen molar-refractivity contribution in [1.29, 1.82) is 0 Å². The van der Waals surface area contributed by atoms with Crippen LogP contribution in [0.3, 0.4) is 0 Å². The fourth-order valence-corrected chi connectivity index (χ4v) is 3.07. The van der Waals surface area contributed by atoms with E-state index in [0.717, 1.165) is 44.0 Å². The van der Waals surface area contributed by atoms with Crippen molar-refractivity contribution in [2.45, 2.75) is 46.6 Å². The summed E-state index contributed by atoms with van der Waals surface area (Å²) in [5.74, 6) is 2.46. The van der Waals surface area contributed by atoms with E-state index >= 15 is 0 Å². The Morgan fingerprint density at radius 1 is 1.38 bits per heavy atom. The van der Waals surface area contributed by atoms with E-state index in [0.29, 0.717) is 6.54 Å². The standard InChI is InChI=1S/C17H32N6O/c1-5-18-16(19-11-15-22-21-13-23(15)4)20-12-17(2,3)10-14-6-8-24-9-7-14/h13-14H,5-12H2,1-4H3,(H2,18,19,20). The highest BCUT2D eigenvalue weighted by molar-refractivity contribution is 5.79. The summed E-state index contributed by atoms with van der Waals surface area (Å²) in [6.45, 7) is 10.8. The van der Waals surface area contributed by atoms with Crippen molar-refractivity contribution in [1.82, 2.24) is 25.4 Å². The fourth-order valence-electron chi connectivity index (χ4n) is 3.07. The number of aromatic nitrogens is 3. The molecule has 2 N–H and O–H groups in total. The lowest BCUT2D eigenvalue weighted by atomic mass is 9.80. The van der Waals surface area contributed by atoms with Gasteiger partial charge in [0.1, 0.15) is 12.9 Å². The van der Waals surface area contributed by atoms with Crippen LogP contribution in [0.15, 0.2) is 11.3 Å². The van der Waals surface area contributed by atoms with Gasteiger partial charge in [0, 0.05) is 33.4 Å². The van der Waals surface area contributed by atoms with Gasteiger partial charge in [-0.2, -0.15) is 0 Å². The molecule has 0 unspecified atom stereocenters. The van der Waals surface area contributed by atoms with Gasteiger partial charge in [-0.25, -0.2) is 4.99 Å². The largest absolute Gasteiger partial charge is 0.381 e. The quantitative estimate of drug-likeness (QED) is 0.586. The van der Waals surface area contributed by atoms with Gasteiger partial charge < -0.3 is 19.9 Å². The average molecular weight is 336 g/mol. The third-order valence-electron chi connectivity index (χ3n) is 4.44. The van der Waals surface area contributed by atoms with Crippen LogP contribution in [0.1, 0.15) is 45.9 Å². The smallest absolute Gasteiger partial charge is 0.191 e. The minimum Gasteiger partial charge on any atom is -0.381 e. The molecular weight excluding hydrogens is 304 g/mol. The number of hydrogen-bond acceptors (Lipinski definition) is 4. The molecule has 0 saturated carbocycles. The number of aliphatic imine (C=N–C) groups is 1. The Balaban J connectivity index is 1.85. The maximum atomic E-state index is 5.46. The summed E-state index contributed by atoms with van der Waals surface area (Å²) in [6, 6.07) is 0. The zero-order chi connectivity index (χ0) is 17.4. The van der Waals surface area contributed by atoms with E-state index in [9.17, 15) is 0 Å². The van der Waals surface area contributed by atoms with Crippen molar-refractivity contribution >= 4 is 5.96 Å². The van der Waals surface area contributed by atoms with Crippen LogP contribution in [0, 0.1) is 11.3 Å². The molecule has 7 heteroatoms. The lowest BCUT2D eigenvalue weighted by molar-refractivity contribution is 0.0517. The van der Waals surface area contributed by atoms with Gasteiger partial charge >= 0.3 is 0 Å². The Labute approximate surface area is 145 Å². The van der Waals surface area contributed by atoms with Crippen molar-refractivity contribution in [2.75, 3.05) is 26.3 Å². The van der Waals surface area contributed by atoms with Gasteiger partial charge in [0.15, 0.2) is 11.8 Å². The highest BCUT2D eigenvalue weighted by Crippen LogP contribution is 2.30. The van der Waals surface area contributed by atoms with E-state index in [1.165, 1.54) is 19.3 Å². The van der Waals surface area contributed by atoms with E-state index in [4.69, 9.17) is 4.74 Å². The fraction of sp³-hybridized carbons (Fsp3) is 0.824. The summed E-state index contributed by atoms with van der Waals surface area (Å²) >= 11 is 0. The van der Waals surface area contributed by atoms with Crippen molar-refractivity contribution < 1.29 is 4.74 Å². The Bertz CT molecular complexity index is 519. The van der Waals surface area contributed by atoms with Crippen LogP contribution in [0.4, 0.5) is 0 Å². The molecular formula is C17H32N6O. The van der Waals surface area contributed by atoms with Crippen molar-refractivity contribution in [3.63, 3.8) is 0 Å². The molecule has 136 valence electrons. The van der Waals surface area contributed by atoms with Gasteiger partial charge in [-0.1, -0.05) is 13.8 Å². The second kappa shape index (κ2) is 9.01. The lowest BCUT2D eigenvalue weighted by Crippen LogP contribution is -2.42. The number of hydrogen-bond donors (Lipinski definition) is 2. The van der Waals surface area contributed by atoms with Crippen LogP contribution < -0.4 is 10.6 Å². The molecule has 7 nitrogen and oxygen atoms in total. The molecule has 0 radical (unpaired) electrons. The molecule has 0 amide bonds. The summed E-state index contributed by atoms with van der Waals surface area (Å²) in [5, 5.41) is 14.7. The first-order valence-corrected chi connectivity index (χ1v) is 8.93. The van der Waals surface area contributed by atoms with Gasteiger partial charge in [-0.3, -0.25) is 0 Å². The Hall–Kier alpha value is -1.63. The minimum absolute atomic E-state index is 0.225. The van der Waals surface area contributed by atoms with Crippen LogP contribution >= 0.6 is 0 Å². The first kappa shape index (κ1) is 18.7. The zero-order valence-corrected chi connectivity index (χ0v) is 15.5. The SMILES string of the molecule is CCNC(=NCc1nncn1C)NCC(C)(C)CC1CCOCC1. The summed E-state index contributed by atoms with van der Waals surface area (Å²) in [5.41, 5.74) is 0.225. The Morgan fingerprint density at radius 3 is 2.75 bits per heavy atom. The van der Waals surface area contributed by atoms with E-state index in [-0.39, 0.29) is 5.41 Å². The molecule has 0 bridgehead atoms. The number of ether oxygens (including phenoxy) is 1. The highest BCUT2D eigenvalue weighted by Gasteiger charge is 2.25. The molecule has 0 spiro atoms. The average Bonchev–Trinajstić information content (AvgIpc) is 2.96. The molecule has 1 aliphatic heterocycles. The summed E-state index contributed by atoms with van der Waals surface area (Å²) in [7, 11) is 1.93. The second-order valence-electron chi connectivity index (χ2n) is 7.33. The van der Waals surface area contributed by atoms with E-state index in [1.54, 1.807) is 6.33 Å². The normalized spacial score (nSPS) is 17.1. The molecule has 1 aromatic heterocycles. The Kier molecular flexibility index (Phi) is 7.02. The van der Waals surface area contributed by atoms with Gasteiger partial charge in [0.25, 0.3) is 0 Å². The van der Waals surface area contributed by atoms with E-state index in [2.05, 4.69) is 46.6 Å². The predicted octanol–water partition coefficient (Wildman–Crippen LogP) is 1.71. The van der Waals surface area contributed by atoms with Crippen molar-refractivity contribution in [3.8, 4) is 0 Å². The van der Waals surface area contributed by atoms with E-state index < -0.39 is 0 Å². The molecule has 2 heterocycles. The topological polar surface area (TPSA) is 76.4 Å². The predicted molar refractivity (Wildman–Crippen MR) is 95.8 cm³/mol. The number of nitrogens with one attached hydrogen (secondary N) is 2. The highest BCUT2D eigenvalue weighted by atomic mass is 16.5. The second-order valence-corrected chi connectivity index (χ2v) is 7.33. The van der Waals surface area contributed by atoms with E-state index in [1.807, 2.05) is 11.6 Å². The maximum absolute atomic E-state index is 5.46. The first-order chi connectivity index (χ1) is 11.5. The molecule has 1 saturated heterocycles. The monoisotopic (exact) mass is 336 g/mol. The van der Waals surface area contributed by atoms with Crippen LogP contribution in [0.5, 0.6) is 0 Å². The summed E-state index contributed by atoms with van der Waals surface area (Å²) in [4.78, 5) is 4.62. The molecule has 0 atom stereocenters. The molecule has 1 aromatic rings. The van der Waals surface area contributed by atoms with Gasteiger partial charge in [0.2, 0.25) is 0 Å². The third kappa shape index (κ3) is 6.11. The molecule has 1 fully saturated rings. The molecule has 24 heavy (non-hydrogen) atoms. The van der Waals surface area contributed by atoms with Crippen LogP contribution in [-0.4, -0.2) is 47.0 Å². The minimum atomic E-state index is 0.225. The maximum Gasteiger partial charge on any atom is 0.191 e. The van der Waals surface area contributed by atoms with Crippen LogP contribution in [-0.2, 0) is 18.3 Å². The molecule has 0 aliphatic carbocycles. The Morgan fingerprint density at radius 2 is 2.12 bits per heavy atom. The lowest BCUT2D eigenvalue weighted by Gasteiger charge is -2.32. The zero-order valence-electron chi connectivity index (χ0n) is 15.5. The third-order valence-corrected chi connectivity index (χ3v) is 4.44. The van der Waals surface area contributed by atoms with Gasteiger partial charge in [-0.15, -0.1) is 10.2 Å². The van der Waals surface area contributed by atoms with Gasteiger partial charge in [-0.05, 0) is 37.5 Å². The summed E-state index contributed by atoms with van der Waals surface area (Å²) < 4.78 is 7.35. The van der Waals surface area contributed by atoms with Crippen molar-refractivity contribution in [3.05, 3.63) is 12.2 Å². The summed E-state index contributed by atoms with van der Waals surface area (Å²) in [6.07, 6.45) is 5.28. The van der Waals surface area contributed by atoms with Gasteiger partial charge in [0.05, 0.1) is 0 Å². The van der Waals surface area contributed by atoms with Crippen LogP contribution in [0.2, 0.25) is 0 Å². The van der Waals surface area contributed by atoms with Crippen molar-refractivity contribution in [2.24, 2.45) is 23.4 Å². The number of rotatable bonds is 7. The molecule has 1 aliphatic rings. The number of guanidine groups is 1. The molecule has 2 rings (SSSR count). The number of nitrogens with zero attached hydrogens (tertiary/aromatic N) is 4. The van der Waals surface area contributed by atoms with Crippen LogP contribution in [0.25, 0.3) is 0 Å². The molecule has 0 aromatic carbocycles. The number of aryl methyl sites for hydroxylation is 1. The first-order valence-electron chi connectivity index (χ1n) is 8.93.